The Morgan fingerprint density at radius 2 is 1.91 bits per heavy atom. The zero-order valence-electron chi connectivity index (χ0n) is 12.5. The summed E-state index contributed by atoms with van der Waals surface area (Å²) in [7, 11) is 1.37. The van der Waals surface area contributed by atoms with Crippen molar-refractivity contribution in [3.63, 3.8) is 0 Å². The van der Waals surface area contributed by atoms with E-state index in [9.17, 15) is 4.79 Å². The molecule has 0 aromatic heterocycles. The first-order valence-electron chi connectivity index (χ1n) is 6.87. The molecule has 22 heavy (non-hydrogen) atoms. The molecule has 5 heteroatoms. The van der Waals surface area contributed by atoms with Crippen LogP contribution in [-0.2, 0) is 4.74 Å². The van der Waals surface area contributed by atoms with Crippen molar-refractivity contribution in [1.29, 1.82) is 0 Å². The predicted octanol–water partition coefficient (Wildman–Crippen LogP) is 3.29. The lowest BCUT2D eigenvalue weighted by molar-refractivity contribution is 0.0601. The average Bonchev–Trinajstić information content (AvgIpc) is 2.55. The number of benzene rings is 2. The average molecular weight is 322 g/mol. The van der Waals surface area contributed by atoms with Crippen molar-refractivity contribution in [2.75, 3.05) is 20.3 Å². The van der Waals surface area contributed by atoms with E-state index in [0.29, 0.717) is 18.7 Å². The van der Waals surface area contributed by atoms with Gasteiger partial charge in [0.1, 0.15) is 5.75 Å². The molecule has 0 radical (unpaired) electrons. The highest BCUT2D eigenvalue weighted by atomic mass is 35.5. The molecule has 0 aliphatic carbocycles. The number of carbonyl (C=O) groups is 1. The summed E-state index contributed by atoms with van der Waals surface area (Å²) in [5.41, 5.74) is 7.86. The van der Waals surface area contributed by atoms with Gasteiger partial charge in [-0.2, -0.15) is 0 Å². The van der Waals surface area contributed by atoms with Crippen LogP contribution in [0.15, 0.2) is 48.5 Å². The van der Waals surface area contributed by atoms with Crippen LogP contribution in [0.25, 0.3) is 11.1 Å². The molecule has 0 amide bonds. The van der Waals surface area contributed by atoms with Gasteiger partial charge >= 0.3 is 5.97 Å². The molecule has 0 saturated carbocycles. The van der Waals surface area contributed by atoms with Gasteiger partial charge in [0.05, 0.1) is 19.3 Å². The minimum atomic E-state index is -0.349. The van der Waals surface area contributed by atoms with Crippen molar-refractivity contribution < 1.29 is 14.3 Å². The molecule has 2 N–H and O–H groups in total. The van der Waals surface area contributed by atoms with Gasteiger partial charge in [-0.15, -0.1) is 12.4 Å². The van der Waals surface area contributed by atoms with E-state index in [1.165, 1.54) is 7.11 Å². The standard InChI is InChI=1S/C17H19NO3.ClH/c1-20-17(19)14-7-4-6-13(12-14)15-8-2-3-9-16(15)21-11-5-10-18;/h2-4,6-9,12H,5,10-11,18H2,1H3;1H. The molecule has 2 aromatic rings. The second kappa shape index (κ2) is 9.07. The zero-order chi connectivity index (χ0) is 15.1. The Kier molecular flexibility index (Phi) is 7.43. The smallest absolute Gasteiger partial charge is 0.337 e. The Balaban J connectivity index is 0.00000242. The fourth-order valence-corrected chi connectivity index (χ4v) is 2.03. The summed E-state index contributed by atoms with van der Waals surface area (Å²) in [6.45, 7) is 1.17. The van der Waals surface area contributed by atoms with E-state index in [1.807, 2.05) is 36.4 Å². The summed E-state index contributed by atoms with van der Waals surface area (Å²) in [6, 6.07) is 15.0. The molecular formula is C17H20ClNO3. The maximum absolute atomic E-state index is 11.6. The van der Waals surface area contributed by atoms with Crippen molar-refractivity contribution in [3.05, 3.63) is 54.1 Å². The summed E-state index contributed by atoms with van der Waals surface area (Å²) in [5.74, 6) is 0.436. The molecule has 0 bridgehead atoms. The molecule has 0 atom stereocenters. The lowest BCUT2D eigenvalue weighted by atomic mass is 10.0. The lowest BCUT2D eigenvalue weighted by Gasteiger charge is -2.12. The van der Waals surface area contributed by atoms with Gasteiger partial charge in [0.25, 0.3) is 0 Å². The third kappa shape index (κ3) is 4.48. The van der Waals surface area contributed by atoms with Gasteiger partial charge < -0.3 is 15.2 Å². The summed E-state index contributed by atoms with van der Waals surface area (Å²) in [6.07, 6.45) is 0.802. The number of hydrogen-bond donors (Lipinski definition) is 1. The third-order valence-corrected chi connectivity index (χ3v) is 3.09. The lowest BCUT2D eigenvalue weighted by Crippen LogP contribution is -2.06. The van der Waals surface area contributed by atoms with Crippen molar-refractivity contribution >= 4 is 18.4 Å². The van der Waals surface area contributed by atoms with Gasteiger partial charge in [-0.05, 0) is 36.7 Å². The number of esters is 1. The van der Waals surface area contributed by atoms with E-state index in [0.717, 1.165) is 23.3 Å². The summed E-state index contributed by atoms with van der Waals surface area (Å²) in [5, 5.41) is 0. The van der Waals surface area contributed by atoms with E-state index in [1.54, 1.807) is 12.1 Å². The van der Waals surface area contributed by atoms with Crippen LogP contribution in [0.2, 0.25) is 0 Å². The first-order chi connectivity index (χ1) is 10.3. The van der Waals surface area contributed by atoms with Gasteiger partial charge in [-0.25, -0.2) is 4.79 Å². The second-order valence-electron chi connectivity index (χ2n) is 4.56. The van der Waals surface area contributed by atoms with Gasteiger partial charge in [0.15, 0.2) is 0 Å². The van der Waals surface area contributed by atoms with Crippen LogP contribution in [0.1, 0.15) is 16.8 Å². The van der Waals surface area contributed by atoms with E-state index < -0.39 is 0 Å². The molecular weight excluding hydrogens is 302 g/mol. The van der Waals surface area contributed by atoms with E-state index >= 15 is 0 Å². The molecule has 0 fully saturated rings. The maximum Gasteiger partial charge on any atom is 0.337 e. The van der Waals surface area contributed by atoms with Gasteiger partial charge in [0.2, 0.25) is 0 Å². The highest BCUT2D eigenvalue weighted by molar-refractivity contribution is 5.91. The molecule has 0 aliphatic rings. The number of para-hydroxylation sites is 1. The number of rotatable bonds is 6. The Bertz CT molecular complexity index is 616. The fraction of sp³-hybridized carbons (Fsp3) is 0.235. The van der Waals surface area contributed by atoms with Crippen molar-refractivity contribution in [2.45, 2.75) is 6.42 Å². The Morgan fingerprint density at radius 3 is 2.64 bits per heavy atom. The van der Waals surface area contributed by atoms with Gasteiger partial charge in [-0.3, -0.25) is 0 Å². The maximum atomic E-state index is 11.6. The normalized spacial score (nSPS) is 9.73. The van der Waals surface area contributed by atoms with E-state index in [4.69, 9.17) is 15.2 Å². The van der Waals surface area contributed by atoms with Crippen LogP contribution in [0.3, 0.4) is 0 Å². The van der Waals surface area contributed by atoms with Gasteiger partial charge in [0, 0.05) is 5.56 Å². The summed E-state index contributed by atoms with van der Waals surface area (Å²) < 4.78 is 10.5. The van der Waals surface area contributed by atoms with E-state index in [2.05, 4.69) is 0 Å². The first-order valence-corrected chi connectivity index (χ1v) is 6.87. The molecule has 118 valence electrons. The van der Waals surface area contributed by atoms with Crippen LogP contribution < -0.4 is 10.5 Å². The number of halogens is 1. The van der Waals surface area contributed by atoms with E-state index in [-0.39, 0.29) is 18.4 Å². The van der Waals surface area contributed by atoms with Crippen LogP contribution in [0.5, 0.6) is 5.75 Å². The topological polar surface area (TPSA) is 61.5 Å². The molecule has 2 aromatic carbocycles. The molecule has 0 spiro atoms. The Hall–Kier alpha value is -2.04. The molecule has 0 unspecified atom stereocenters. The highest BCUT2D eigenvalue weighted by Gasteiger charge is 2.10. The SMILES string of the molecule is COC(=O)c1cccc(-c2ccccc2OCCCN)c1.Cl. The highest BCUT2D eigenvalue weighted by Crippen LogP contribution is 2.30. The van der Waals surface area contributed by atoms with Crippen LogP contribution in [-0.4, -0.2) is 26.2 Å². The minimum absolute atomic E-state index is 0. The van der Waals surface area contributed by atoms with Crippen LogP contribution >= 0.6 is 12.4 Å². The Morgan fingerprint density at radius 1 is 1.14 bits per heavy atom. The van der Waals surface area contributed by atoms with Crippen LogP contribution in [0, 0.1) is 0 Å². The van der Waals surface area contributed by atoms with Crippen molar-refractivity contribution in [3.8, 4) is 16.9 Å². The zero-order valence-corrected chi connectivity index (χ0v) is 13.3. The second-order valence-corrected chi connectivity index (χ2v) is 4.56. The minimum Gasteiger partial charge on any atom is -0.493 e. The molecule has 0 saturated heterocycles. The number of ether oxygens (including phenoxy) is 2. The predicted molar refractivity (Wildman–Crippen MR) is 89.6 cm³/mol. The Labute approximate surface area is 136 Å². The quantitative estimate of drug-likeness (QED) is 0.655. The number of nitrogens with two attached hydrogens (primary N) is 1. The monoisotopic (exact) mass is 321 g/mol. The number of hydrogen-bond acceptors (Lipinski definition) is 4. The fourth-order valence-electron chi connectivity index (χ4n) is 2.03. The number of carbonyl (C=O) groups excluding carboxylic acids is 1. The van der Waals surface area contributed by atoms with Crippen molar-refractivity contribution in [1.82, 2.24) is 0 Å². The van der Waals surface area contributed by atoms with Crippen molar-refractivity contribution in [2.24, 2.45) is 5.73 Å². The molecule has 2 rings (SSSR count). The molecule has 0 heterocycles. The summed E-state index contributed by atoms with van der Waals surface area (Å²) >= 11 is 0. The third-order valence-electron chi connectivity index (χ3n) is 3.09. The largest absolute Gasteiger partial charge is 0.493 e. The summed E-state index contributed by atoms with van der Waals surface area (Å²) in [4.78, 5) is 11.6. The first kappa shape index (κ1) is 18.0. The molecule has 0 aliphatic heterocycles. The number of methoxy groups -OCH3 is 1. The van der Waals surface area contributed by atoms with Gasteiger partial charge in [-0.1, -0.05) is 30.3 Å². The van der Waals surface area contributed by atoms with Crippen LogP contribution in [0.4, 0.5) is 0 Å². The molecule has 4 nitrogen and oxygen atoms in total.